The van der Waals surface area contributed by atoms with E-state index >= 15 is 0 Å². The van der Waals surface area contributed by atoms with E-state index in [4.69, 9.17) is 9.15 Å². The lowest BCUT2D eigenvalue weighted by Crippen LogP contribution is -2.42. The highest BCUT2D eigenvalue weighted by atomic mass is 16.6. The number of nitrogens with zero attached hydrogens (tertiary/aromatic N) is 3. The van der Waals surface area contributed by atoms with E-state index in [1.807, 2.05) is 27.7 Å². The molecule has 1 aromatic rings. The fraction of sp³-hybridized carbons (Fsp3) is 0.824. The van der Waals surface area contributed by atoms with E-state index in [9.17, 15) is 4.79 Å². The van der Waals surface area contributed by atoms with Gasteiger partial charge < -0.3 is 14.5 Å². The van der Waals surface area contributed by atoms with Gasteiger partial charge in [-0.05, 0) is 45.4 Å². The molecule has 2 aliphatic rings. The van der Waals surface area contributed by atoms with Gasteiger partial charge in [-0.2, -0.15) is 0 Å². The molecule has 0 aromatic carbocycles. The summed E-state index contributed by atoms with van der Waals surface area (Å²) >= 11 is 0. The summed E-state index contributed by atoms with van der Waals surface area (Å²) in [5.41, 5.74) is -0.460. The minimum Gasteiger partial charge on any atom is -0.444 e. The van der Waals surface area contributed by atoms with Crippen LogP contribution in [0, 0.1) is 11.8 Å². The van der Waals surface area contributed by atoms with Crippen LogP contribution in [0.25, 0.3) is 0 Å². The Bertz CT molecular complexity index is 581. The molecule has 3 atom stereocenters. The van der Waals surface area contributed by atoms with Gasteiger partial charge in [0.25, 0.3) is 0 Å². The van der Waals surface area contributed by atoms with Gasteiger partial charge in [0.1, 0.15) is 5.60 Å². The van der Waals surface area contributed by atoms with Gasteiger partial charge >= 0.3 is 6.09 Å². The van der Waals surface area contributed by atoms with Gasteiger partial charge in [0, 0.05) is 25.6 Å². The van der Waals surface area contributed by atoms with Crippen molar-refractivity contribution >= 4 is 6.09 Å². The first-order valence-electron chi connectivity index (χ1n) is 8.87. The minimum absolute atomic E-state index is 0.198. The van der Waals surface area contributed by atoms with E-state index in [1.165, 1.54) is 0 Å². The number of fused-ring (bicyclic) bond motifs is 1. The lowest BCUT2D eigenvalue weighted by molar-refractivity contribution is 0.0491. The number of carbonyl (C=O) groups excluding carboxylic acids is 1. The second-order valence-electron chi connectivity index (χ2n) is 7.89. The number of ether oxygens (including phenoxy) is 1. The number of rotatable bonds is 4. The van der Waals surface area contributed by atoms with Crippen LogP contribution in [0.2, 0.25) is 0 Å². The molecule has 2 fully saturated rings. The maximum Gasteiger partial charge on any atom is 0.407 e. The van der Waals surface area contributed by atoms with Crippen molar-refractivity contribution in [3.05, 3.63) is 11.8 Å². The third kappa shape index (κ3) is 4.06. The molecule has 1 aliphatic heterocycles. The molecule has 2 heterocycles. The zero-order valence-corrected chi connectivity index (χ0v) is 15.0. The minimum atomic E-state index is -0.460. The molecule has 134 valence electrons. The van der Waals surface area contributed by atoms with E-state index in [0.29, 0.717) is 30.2 Å². The fourth-order valence-corrected chi connectivity index (χ4v) is 3.81. The van der Waals surface area contributed by atoms with Gasteiger partial charge in [0.15, 0.2) is 0 Å². The average molecular weight is 336 g/mol. The smallest absolute Gasteiger partial charge is 0.407 e. The van der Waals surface area contributed by atoms with Crippen LogP contribution in [0.1, 0.15) is 52.3 Å². The summed E-state index contributed by atoms with van der Waals surface area (Å²) in [6, 6.07) is 0.198. The first-order valence-corrected chi connectivity index (χ1v) is 8.87. The third-order valence-corrected chi connectivity index (χ3v) is 4.80. The van der Waals surface area contributed by atoms with E-state index in [-0.39, 0.29) is 12.1 Å². The summed E-state index contributed by atoms with van der Waals surface area (Å²) in [6.45, 7) is 10.3. The highest BCUT2D eigenvalue weighted by molar-refractivity contribution is 5.68. The van der Waals surface area contributed by atoms with Crippen molar-refractivity contribution in [2.24, 2.45) is 11.8 Å². The number of nitrogens with one attached hydrogen (secondary N) is 1. The quantitative estimate of drug-likeness (QED) is 0.909. The highest BCUT2D eigenvalue weighted by Crippen LogP contribution is 2.38. The largest absolute Gasteiger partial charge is 0.444 e. The van der Waals surface area contributed by atoms with Crippen LogP contribution in [-0.4, -0.2) is 45.9 Å². The molecule has 1 aromatic heterocycles. The van der Waals surface area contributed by atoms with E-state index in [1.54, 1.807) is 0 Å². The molecule has 0 bridgehead atoms. The monoisotopic (exact) mass is 336 g/mol. The third-order valence-electron chi connectivity index (χ3n) is 4.80. The second-order valence-corrected chi connectivity index (χ2v) is 7.89. The maximum absolute atomic E-state index is 12.0. The molecule has 7 nitrogen and oxygen atoms in total. The van der Waals surface area contributed by atoms with Crippen LogP contribution >= 0.6 is 0 Å². The topological polar surface area (TPSA) is 80.5 Å². The molecule has 0 spiro atoms. The Labute approximate surface area is 143 Å². The normalized spacial score (nSPS) is 27.2. The molecular weight excluding hydrogens is 308 g/mol. The number of carbonyl (C=O) groups is 1. The molecule has 24 heavy (non-hydrogen) atoms. The molecule has 7 heteroatoms. The molecule has 1 amide bonds. The van der Waals surface area contributed by atoms with Crippen LogP contribution in [0.4, 0.5) is 4.79 Å². The van der Waals surface area contributed by atoms with Crippen molar-refractivity contribution in [3.8, 4) is 0 Å². The number of hydrogen-bond acceptors (Lipinski definition) is 6. The van der Waals surface area contributed by atoms with E-state index < -0.39 is 5.60 Å². The van der Waals surface area contributed by atoms with Gasteiger partial charge in [0.05, 0.1) is 6.54 Å². The molecule has 1 saturated heterocycles. The summed E-state index contributed by atoms with van der Waals surface area (Å²) in [5.74, 6) is 2.47. The Kier molecular flexibility index (Phi) is 4.80. The fourth-order valence-electron chi connectivity index (χ4n) is 3.81. The maximum atomic E-state index is 12.0. The lowest BCUT2D eigenvalue weighted by Gasteiger charge is -2.24. The SMILES string of the molecule is CCc1nnc(CN2C[C@@H]3CC[C@@H](NC(=O)OC(C)(C)C)[C@@H]3C2)o1. The van der Waals surface area contributed by atoms with Crippen LogP contribution in [0.5, 0.6) is 0 Å². The zero-order valence-electron chi connectivity index (χ0n) is 15.0. The van der Waals surface area contributed by atoms with Crippen molar-refractivity contribution in [2.45, 2.75) is 65.1 Å². The van der Waals surface area contributed by atoms with Crippen LogP contribution in [0.3, 0.4) is 0 Å². The summed E-state index contributed by atoms with van der Waals surface area (Å²) in [4.78, 5) is 14.4. The van der Waals surface area contributed by atoms with Gasteiger partial charge in [0.2, 0.25) is 11.8 Å². The van der Waals surface area contributed by atoms with Gasteiger partial charge in [-0.15, -0.1) is 10.2 Å². The number of alkyl carbamates (subject to hydrolysis) is 1. The van der Waals surface area contributed by atoms with Crippen molar-refractivity contribution in [2.75, 3.05) is 13.1 Å². The van der Waals surface area contributed by atoms with Crippen LogP contribution in [-0.2, 0) is 17.7 Å². The molecule has 1 N–H and O–H groups in total. The number of amides is 1. The molecule has 0 unspecified atom stereocenters. The first kappa shape index (κ1) is 17.2. The zero-order chi connectivity index (χ0) is 17.3. The predicted octanol–water partition coefficient (Wildman–Crippen LogP) is 2.37. The lowest BCUT2D eigenvalue weighted by atomic mass is 9.98. The van der Waals surface area contributed by atoms with Crippen molar-refractivity contribution < 1.29 is 13.9 Å². The number of aromatic nitrogens is 2. The molecular formula is C17H28N4O3. The Hall–Kier alpha value is -1.63. The van der Waals surface area contributed by atoms with Gasteiger partial charge in [-0.3, -0.25) is 4.90 Å². The molecule has 0 radical (unpaired) electrons. The predicted molar refractivity (Wildman–Crippen MR) is 88.3 cm³/mol. The molecule has 1 saturated carbocycles. The summed E-state index contributed by atoms with van der Waals surface area (Å²) < 4.78 is 11.0. The Morgan fingerprint density at radius 1 is 1.29 bits per heavy atom. The summed E-state index contributed by atoms with van der Waals surface area (Å²) in [7, 11) is 0. The number of hydrogen-bond donors (Lipinski definition) is 1. The highest BCUT2D eigenvalue weighted by Gasteiger charge is 2.43. The Morgan fingerprint density at radius 2 is 2.04 bits per heavy atom. The van der Waals surface area contributed by atoms with Crippen LogP contribution in [0.15, 0.2) is 4.42 Å². The summed E-state index contributed by atoms with van der Waals surface area (Å²) in [5, 5.41) is 11.2. The Morgan fingerprint density at radius 3 is 2.71 bits per heavy atom. The van der Waals surface area contributed by atoms with Crippen molar-refractivity contribution in [1.29, 1.82) is 0 Å². The summed E-state index contributed by atoms with van der Waals surface area (Å²) in [6.07, 6.45) is 2.63. The number of likely N-dealkylation sites (tertiary alicyclic amines) is 1. The molecule has 3 rings (SSSR count). The van der Waals surface area contributed by atoms with E-state index in [2.05, 4.69) is 20.4 Å². The van der Waals surface area contributed by atoms with Gasteiger partial charge in [-0.25, -0.2) is 4.79 Å². The second kappa shape index (κ2) is 6.70. The first-order chi connectivity index (χ1) is 11.3. The van der Waals surface area contributed by atoms with Crippen LogP contribution < -0.4 is 5.32 Å². The average Bonchev–Trinajstić information content (AvgIpc) is 3.15. The van der Waals surface area contributed by atoms with E-state index in [0.717, 1.165) is 32.4 Å². The van der Waals surface area contributed by atoms with Crippen molar-refractivity contribution in [3.63, 3.8) is 0 Å². The van der Waals surface area contributed by atoms with Crippen molar-refractivity contribution in [1.82, 2.24) is 20.4 Å². The Balaban J connectivity index is 1.53. The standard InChI is InChI=1S/C17H28N4O3/c1-5-14-19-20-15(23-14)10-21-8-11-6-7-13(12(11)9-21)18-16(22)24-17(2,3)4/h11-13H,5-10H2,1-4H3,(H,18,22)/t11-,12+,13+/m0/s1. The van der Waals surface area contributed by atoms with Gasteiger partial charge in [-0.1, -0.05) is 6.92 Å². The molecule has 1 aliphatic carbocycles. The number of aryl methyl sites for hydroxylation is 1.